The molecular formula is C17H14BrClN2. The molecule has 0 fully saturated rings. The summed E-state index contributed by atoms with van der Waals surface area (Å²) in [5, 5.41) is 1.77. The molecule has 1 aromatic heterocycles. The van der Waals surface area contributed by atoms with Crippen LogP contribution < -0.4 is 5.73 Å². The van der Waals surface area contributed by atoms with Gasteiger partial charge < -0.3 is 5.73 Å². The van der Waals surface area contributed by atoms with Crippen molar-refractivity contribution < 1.29 is 0 Å². The monoisotopic (exact) mass is 360 g/mol. The van der Waals surface area contributed by atoms with Crippen molar-refractivity contribution in [3.63, 3.8) is 0 Å². The molecule has 3 aromatic rings. The van der Waals surface area contributed by atoms with Crippen LogP contribution in [0, 0.1) is 6.92 Å². The molecule has 1 atom stereocenters. The molecule has 0 bridgehead atoms. The van der Waals surface area contributed by atoms with Crippen LogP contribution in [0.2, 0.25) is 5.02 Å². The lowest BCUT2D eigenvalue weighted by atomic mass is 9.98. The van der Waals surface area contributed by atoms with E-state index in [1.165, 1.54) is 0 Å². The Morgan fingerprint density at radius 3 is 2.62 bits per heavy atom. The lowest BCUT2D eigenvalue weighted by Crippen LogP contribution is -2.11. The third kappa shape index (κ3) is 3.10. The van der Waals surface area contributed by atoms with E-state index in [4.69, 9.17) is 17.3 Å². The summed E-state index contributed by atoms with van der Waals surface area (Å²) in [5.41, 5.74) is 10.4. The smallest absolute Gasteiger partial charge is 0.0705 e. The highest BCUT2D eigenvalue weighted by atomic mass is 79.9. The largest absolute Gasteiger partial charge is 0.320 e. The van der Waals surface area contributed by atoms with Gasteiger partial charge in [0.25, 0.3) is 0 Å². The van der Waals surface area contributed by atoms with Crippen molar-refractivity contribution in [3.05, 3.63) is 74.8 Å². The van der Waals surface area contributed by atoms with Gasteiger partial charge in [0.05, 0.1) is 11.6 Å². The fourth-order valence-corrected chi connectivity index (χ4v) is 3.27. The first-order valence-electron chi connectivity index (χ1n) is 6.62. The third-order valence-corrected chi connectivity index (χ3v) is 4.13. The van der Waals surface area contributed by atoms with Gasteiger partial charge in [-0.15, -0.1) is 0 Å². The second-order valence-electron chi connectivity index (χ2n) is 5.09. The van der Waals surface area contributed by atoms with Gasteiger partial charge in [-0.05, 0) is 54.4 Å². The van der Waals surface area contributed by atoms with Crippen molar-refractivity contribution in [3.8, 4) is 0 Å². The number of rotatable bonds is 2. The molecule has 2 N–H and O–H groups in total. The quantitative estimate of drug-likeness (QED) is 0.697. The van der Waals surface area contributed by atoms with Crippen LogP contribution in [0.25, 0.3) is 10.9 Å². The Morgan fingerprint density at radius 1 is 1.05 bits per heavy atom. The Labute approximate surface area is 137 Å². The predicted molar refractivity (Wildman–Crippen MR) is 91.7 cm³/mol. The lowest BCUT2D eigenvalue weighted by Gasteiger charge is -2.14. The van der Waals surface area contributed by atoms with Gasteiger partial charge in [0.2, 0.25) is 0 Å². The van der Waals surface area contributed by atoms with Gasteiger partial charge in [0.1, 0.15) is 0 Å². The number of benzene rings is 2. The zero-order valence-electron chi connectivity index (χ0n) is 11.5. The maximum Gasteiger partial charge on any atom is 0.0705 e. The van der Waals surface area contributed by atoms with Gasteiger partial charge in [-0.25, -0.2) is 0 Å². The molecule has 1 heterocycles. The molecule has 106 valence electrons. The first kappa shape index (κ1) is 14.5. The van der Waals surface area contributed by atoms with Crippen molar-refractivity contribution >= 4 is 38.4 Å². The van der Waals surface area contributed by atoms with Crippen LogP contribution in [0.3, 0.4) is 0 Å². The molecule has 0 spiro atoms. The minimum Gasteiger partial charge on any atom is -0.320 e. The van der Waals surface area contributed by atoms with E-state index in [1.54, 1.807) is 0 Å². The van der Waals surface area contributed by atoms with E-state index in [0.29, 0.717) is 5.02 Å². The van der Waals surface area contributed by atoms with Crippen LogP contribution in [0.1, 0.15) is 22.9 Å². The number of nitrogens with two attached hydrogens (primary N) is 1. The summed E-state index contributed by atoms with van der Waals surface area (Å²) in [6.45, 7) is 1.99. The summed E-state index contributed by atoms with van der Waals surface area (Å²) < 4.78 is 0.929. The molecule has 3 rings (SSSR count). The molecule has 2 nitrogen and oxygen atoms in total. The van der Waals surface area contributed by atoms with Crippen molar-refractivity contribution in [2.24, 2.45) is 5.73 Å². The molecule has 0 aliphatic rings. The van der Waals surface area contributed by atoms with Gasteiger partial charge in [0, 0.05) is 20.6 Å². The molecule has 4 heteroatoms. The molecule has 0 saturated carbocycles. The lowest BCUT2D eigenvalue weighted by molar-refractivity contribution is 0.872. The highest BCUT2D eigenvalue weighted by Gasteiger charge is 2.11. The Morgan fingerprint density at radius 2 is 1.86 bits per heavy atom. The zero-order chi connectivity index (χ0) is 15.0. The molecular weight excluding hydrogens is 348 g/mol. The molecule has 0 radical (unpaired) electrons. The van der Waals surface area contributed by atoms with Gasteiger partial charge in [-0.3, -0.25) is 4.98 Å². The van der Waals surface area contributed by atoms with Crippen LogP contribution in [-0.4, -0.2) is 4.98 Å². The van der Waals surface area contributed by atoms with E-state index < -0.39 is 0 Å². The zero-order valence-corrected chi connectivity index (χ0v) is 13.8. The van der Waals surface area contributed by atoms with Gasteiger partial charge in [0.15, 0.2) is 0 Å². The average molecular weight is 362 g/mol. The van der Waals surface area contributed by atoms with Crippen molar-refractivity contribution in [2.75, 3.05) is 0 Å². The first-order chi connectivity index (χ1) is 10.0. The second kappa shape index (κ2) is 5.76. The normalized spacial score (nSPS) is 12.6. The fourth-order valence-electron chi connectivity index (χ4n) is 2.39. The Hall–Kier alpha value is -1.42. The minimum absolute atomic E-state index is 0.217. The van der Waals surface area contributed by atoms with Gasteiger partial charge >= 0.3 is 0 Å². The Bertz CT molecular complexity index is 797. The van der Waals surface area contributed by atoms with Crippen molar-refractivity contribution in [1.82, 2.24) is 4.98 Å². The third-order valence-electron chi connectivity index (χ3n) is 3.46. The second-order valence-corrected chi connectivity index (χ2v) is 6.44. The van der Waals surface area contributed by atoms with E-state index in [1.807, 2.05) is 43.3 Å². The molecule has 0 aliphatic heterocycles. The molecule has 0 saturated heterocycles. The van der Waals surface area contributed by atoms with E-state index >= 15 is 0 Å². The number of aryl methyl sites for hydroxylation is 1. The van der Waals surface area contributed by atoms with Gasteiger partial charge in [-0.2, -0.15) is 0 Å². The van der Waals surface area contributed by atoms with Crippen LogP contribution in [0.15, 0.2) is 53.0 Å². The predicted octanol–water partition coefficient (Wildman–Crippen LogP) is 5.01. The van der Waals surface area contributed by atoms with Crippen LogP contribution in [0.5, 0.6) is 0 Å². The summed E-state index contributed by atoms with van der Waals surface area (Å²) in [5.74, 6) is 0. The average Bonchev–Trinajstić information content (AvgIpc) is 2.45. The van der Waals surface area contributed by atoms with Crippen molar-refractivity contribution in [2.45, 2.75) is 13.0 Å². The van der Waals surface area contributed by atoms with E-state index in [2.05, 4.69) is 33.0 Å². The topological polar surface area (TPSA) is 38.9 Å². The number of halogens is 2. The molecule has 0 aliphatic carbocycles. The summed E-state index contributed by atoms with van der Waals surface area (Å²) in [7, 11) is 0. The SMILES string of the molecule is Cc1ccc2cc(C(N)c3cc(Cl)cc(Br)c3)ccc2n1. The Balaban J connectivity index is 2.04. The molecule has 21 heavy (non-hydrogen) atoms. The van der Waals surface area contributed by atoms with E-state index in [0.717, 1.165) is 32.2 Å². The van der Waals surface area contributed by atoms with E-state index in [9.17, 15) is 0 Å². The highest BCUT2D eigenvalue weighted by Crippen LogP contribution is 2.28. The van der Waals surface area contributed by atoms with Gasteiger partial charge in [-0.1, -0.05) is 39.7 Å². The maximum absolute atomic E-state index is 6.38. The summed E-state index contributed by atoms with van der Waals surface area (Å²) >= 11 is 9.55. The number of hydrogen-bond donors (Lipinski definition) is 1. The summed E-state index contributed by atoms with van der Waals surface area (Å²) in [6, 6.07) is 15.7. The molecule has 1 unspecified atom stereocenters. The Kier molecular flexibility index (Phi) is 3.98. The minimum atomic E-state index is -0.217. The first-order valence-corrected chi connectivity index (χ1v) is 7.79. The number of fused-ring (bicyclic) bond motifs is 1. The summed E-state index contributed by atoms with van der Waals surface area (Å²) in [4.78, 5) is 4.51. The number of nitrogens with zero attached hydrogens (tertiary/aromatic N) is 1. The molecule has 2 aromatic carbocycles. The highest BCUT2D eigenvalue weighted by molar-refractivity contribution is 9.10. The summed E-state index contributed by atoms with van der Waals surface area (Å²) in [6.07, 6.45) is 0. The van der Waals surface area contributed by atoms with Crippen LogP contribution in [0.4, 0.5) is 0 Å². The van der Waals surface area contributed by atoms with Crippen LogP contribution >= 0.6 is 27.5 Å². The standard InChI is InChI=1S/C17H14BrClN2/c1-10-2-3-11-6-12(4-5-16(11)21-10)17(20)13-7-14(18)9-15(19)8-13/h2-9,17H,20H2,1H3. The van der Waals surface area contributed by atoms with Crippen molar-refractivity contribution in [1.29, 1.82) is 0 Å². The van der Waals surface area contributed by atoms with Crippen LogP contribution in [-0.2, 0) is 0 Å². The fraction of sp³-hybridized carbons (Fsp3) is 0.118. The molecule has 0 amide bonds. The number of pyridine rings is 1. The maximum atomic E-state index is 6.38. The number of aromatic nitrogens is 1. The van der Waals surface area contributed by atoms with E-state index in [-0.39, 0.29) is 6.04 Å². The number of hydrogen-bond acceptors (Lipinski definition) is 2.